The van der Waals surface area contributed by atoms with Crippen molar-refractivity contribution in [2.45, 2.75) is 13.0 Å². The number of carbonyl (C=O) groups excluding carboxylic acids is 1. The molecule has 0 aromatic heterocycles. The Hall–Kier alpha value is -1.43. The maximum Gasteiger partial charge on any atom is 0.226 e. The number of amides is 1. The Balaban J connectivity index is 1.80. The number of rotatable bonds is 5. The number of aliphatic hydroxyl groups is 1. The number of carbonyl (C=O) groups is 1. The first-order chi connectivity index (χ1) is 10.1. The normalized spacial score (nSPS) is 19.3. The van der Waals surface area contributed by atoms with Gasteiger partial charge in [0.25, 0.3) is 0 Å². The summed E-state index contributed by atoms with van der Waals surface area (Å²) < 4.78 is 0. The Bertz CT molecular complexity index is 444. The second kappa shape index (κ2) is 7.54. The third kappa shape index (κ3) is 4.27. The summed E-state index contributed by atoms with van der Waals surface area (Å²) in [6.07, 6.45) is -0.476. The molecule has 5 heteroatoms. The van der Waals surface area contributed by atoms with Gasteiger partial charge in [-0.3, -0.25) is 9.69 Å². The largest absolute Gasteiger partial charge is 0.387 e. The number of β-amino-alcohol motifs (C(OH)–C–C–N with tert-alkyl or cyclic N) is 1. The maximum atomic E-state index is 12.1. The molecule has 0 bridgehead atoms. The number of benzene rings is 1. The molecule has 21 heavy (non-hydrogen) atoms. The van der Waals surface area contributed by atoms with Gasteiger partial charge >= 0.3 is 0 Å². The third-order valence-electron chi connectivity index (χ3n) is 4.07. The van der Waals surface area contributed by atoms with Crippen LogP contribution in [-0.4, -0.2) is 60.1 Å². The summed E-state index contributed by atoms with van der Waals surface area (Å²) in [5.74, 6) is 0.0345. The summed E-state index contributed by atoms with van der Waals surface area (Å²) in [7, 11) is 0. The van der Waals surface area contributed by atoms with Crippen LogP contribution in [0.5, 0.6) is 0 Å². The standard InChI is InChI=1S/C16H25N3O2/c1-13(11-17)16(21)19-9-7-18(8-10-19)12-15(20)14-5-3-2-4-6-14/h2-6,13,15,20H,7-12,17H2,1H3. The van der Waals surface area contributed by atoms with Gasteiger partial charge in [0.15, 0.2) is 0 Å². The summed E-state index contributed by atoms with van der Waals surface area (Å²) in [4.78, 5) is 16.1. The minimum atomic E-state index is -0.476. The summed E-state index contributed by atoms with van der Waals surface area (Å²) >= 11 is 0. The molecule has 0 aliphatic carbocycles. The zero-order valence-electron chi connectivity index (χ0n) is 12.6. The first-order valence-corrected chi connectivity index (χ1v) is 7.56. The Morgan fingerprint density at radius 1 is 1.24 bits per heavy atom. The third-order valence-corrected chi connectivity index (χ3v) is 4.07. The highest BCUT2D eigenvalue weighted by molar-refractivity contribution is 5.78. The lowest BCUT2D eigenvalue weighted by Crippen LogP contribution is -2.51. The van der Waals surface area contributed by atoms with E-state index in [4.69, 9.17) is 5.73 Å². The van der Waals surface area contributed by atoms with Gasteiger partial charge < -0.3 is 15.7 Å². The zero-order chi connectivity index (χ0) is 15.2. The molecule has 0 saturated carbocycles. The average molecular weight is 291 g/mol. The van der Waals surface area contributed by atoms with E-state index in [-0.39, 0.29) is 11.8 Å². The van der Waals surface area contributed by atoms with E-state index in [0.717, 1.165) is 18.7 Å². The fourth-order valence-electron chi connectivity index (χ4n) is 2.59. The lowest BCUT2D eigenvalue weighted by molar-refractivity contribution is -0.136. The van der Waals surface area contributed by atoms with Crippen LogP contribution in [0.15, 0.2) is 30.3 Å². The SMILES string of the molecule is CC(CN)C(=O)N1CCN(CC(O)c2ccccc2)CC1. The number of nitrogens with two attached hydrogens (primary N) is 1. The fourth-order valence-corrected chi connectivity index (χ4v) is 2.59. The summed E-state index contributed by atoms with van der Waals surface area (Å²) in [5, 5.41) is 10.2. The molecule has 0 spiro atoms. The Morgan fingerprint density at radius 3 is 2.43 bits per heavy atom. The van der Waals surface area contributed by atoms with Crippen molar-refractivity contribution in [2.75, 3.05) is 39.3 Å². The lowest BCUT2D eigenvalue weighted by Gasteiger charge is -2.36. The zero-order valence-corrected chi connectivity index (χ0v) is 12.6. The number of hydrogen-bond donors (Lipinski definition) is 2. The molecule has 3 N–H and O–H groups in total. The first kappa shape index (κ1) is 15.9. The van der Waals surface area contributed by atoms with E-state index in [1.807, 2.05) is 42.2 Å². The molecule has 1 aliphatic heterocycles. The van der Waals surface area contributed by atoms with E-state index in [9.17, 15) is 9.90 Å². The summed E-state index contributed by atoms with van der Waals surface area (Å²) in [6, 6.07) is 9.69. The highest BCUT2D eigenvalue weighted by atomic mass is 16.3. The quantitative estimate of drug-likeness (QED) is 0.827. The number of piperazine rings is 1. The van der Waals surface area contributed by atoms with Crippen LogP contribution >= 0.6 is 0 Å². The molecule has 1 aliphatic rings. The van der Waals surface area contributed by atoms with Crippen molar-refractivity contribution in [2.24, 2.45) is 11.7 Å². The molecule has 1 amide bonds. The molecule has 2 rings (SSSR count). The van der Waals surface area contributed by atoms with Crippen molar-refractivity contribution in [1.82, 2.24) is 9.80 Å². The van der Waals surface area contributed by atoms with Crippen molar-refractivity contribution in [1.29, 1.82) is 0 Å². The predicted molar refractivity (Wildman–Crippen MR) is 82.6 cm³/mol. The Morgan fingerprint density at radius 2 is 1.86 bits per heavy atom. The van der Waals surface area contributed by atoms with Gasteiger partial charge in [0, 0.05) is 45.2 Å². The van der Waals surface area contributed by atoms with E-state index in [2.05, 4.69) is 4.90 Å². The minimum absolute atomic E-state index is 0.105. The molecule has 1 aromatic carbocycles. The van der Waals surface area contributed by atoms with Crippen LogP contribution < -0.4 is 5.73 Å². The van der Waals surface area contributed by atoms with Gasteiger partial charge in [-0.15, -0.1) is 0 Å². The molecule has 1 saturated heterocycles. The predicted octanol–water partition coefficient (Wildman–Crippen LogP) is 0.459. The average Bonchev–Trinajstić information content (AvgIpc) is 2.55. The van der Waals surface area contributed by atoms with Gasteiger partial charge in [0.1, 0.15) is 0 Å². The Kier molecular flexibility index (Phi) is 5.73. The van der Waals surface area contributed by atoms with Crippen LogP contribution in [0.3, 0.4) is 0 Å². The van der Waals surface area contributed by atoms with Crippen LogP contribution in [0.1, 0.15) is 18.6 Å². The number of aliphatic hydroxyl groups excluding tert-OH is 1. The monoisotopic (exact) mass is 291 g/mol. The van der Waals surface area contributed by atoms with Crippen LogP contribution in [0.2, 0.25) is 0 Å². The molecule has 5 nitrogen and oxygen atoms in total. The van der Waals surface area contributed by atoms with Crippen molar-refractivity contribution in [3.8, 4) is 0 Å². The van der Waals surface area contributed by atoms with E-state index in [1.54, 1.807) is 0 Å². The molecule has 1 fully saturated rings. The minimum Gasteiger partial charge on any atom is -0.387 e. The molecular formula is C16H25N3O2. The highest BCUT2D eigenvalue weighted by Crippen LogP contribution is 2.15. The van der Waals surface area contributed by atoms with Crippen LogP contribution in [0.4, 0.5) is 0 Å². The fraction of sp³-hybridized carbons (Fsp3) is 0.562. The smallest absolute Gasteiger partial charge is 0.226 e. The van der Waals surface area contributed by atoms with Gasteiger partial charge in [-0.2, -0.15) is 0 Å². The molecular weight excluding hydrogens is 266 g/mol. The molecule has 2 atom stereocenters. The van der Waals surface area contributed by atoms with Crippen LogP contribution in [-0.2, 0) is 4.79 Å². The summed E-state index contributed by atoms with van der Waals surface area (Å²) in [5.41, 5.74) is 6.48. The topological polar surface area (TPSA) is 69.8 Å². The molecule has 116 valence electrons. The van der Waals surface area contributed by atoms with Gasteiger partial charge in [-0.05, 0) is 5.56 Å². The van der Waals surface area contributed by atoms with Crippen LogP contribution in [0.25, 0.3) is 0 Å². The second-order valence-corrected chi connectivity index (χ2v) is 5.69. The first-order valence-electron chi connectivity index (χ1n) is 7.56. The van der Waals surface area contributed by atoms with E-state index in [0.29, 0.717) is 26.2 Å². The molecule has 1 heterocycles. The van der Waals surface area contributed by atoms with Crippen molar-refractivity contribution in [3.05, 3.63) is 35.9 Å². The van der Waals surface area contributed by atoms with E-state index >= 15 is 0 Å². The van der Waals surface area contributed by atoms with Gasteiger partial charge in [-0.25, -0.2) is 0 Å². The number of hydrogen-bond acceptors (Lipinski definition) is 4. The summed E-state index contributed by atoms with van der Waals surface area (Å²) in [6.45, 7) is 5.90. The second-order valence-electron chi connectivity index (χ2n) is 5.69. The number of nitrogens with zero attached hydrogens (tertiary/aromatic N) is 2. The van der Waals surface area contributed by atoms with Gasteiger partial charge in [-0.1, -0.05) is 37.3 Å². The van der Waals surface area contributed by atoms with E-state index < -0.39 is 6.10 Å². The van der Waals surface area contributed by atoms with Gasteiger partial charge in [0.05, 0.1) is 6.10 Å². The Labute approximate surface area is 126 Å². The highest BCUT2D eigenvalue weighted by Gasteiger charge is 2.25. The molecule has 2 unspecified atom stereocenters. The van der Waals surface area contributed by atoms with Crippen molar-refractivity contribution >= 4 is 5.91 Å². The van der Waals surface area contributed by atoms with Crippen molar-refractivity contribution < 1.29 is 9.90 Å². The molecule has 0 radical (unpaired) electrons. The van der Waals surface area contributed by atoms with Crippen LogP contribution in [0, 0.1) is 5.92 Å². The lowest BCUT2D eigenvalue weighted by atomic mass is 10.1. The molecule has 1 aromatic rings. The maximum absolute atomic E-state index is 12.1. The van der Waals surface area contributed by atoms with Crippen molar-refractivity contribution in [3.63, 3.8) is 0 Å². The van der Waals surface area contributed by atoms with E-state index in [1.165, 1.54) is 0 Å². The van der Waals surface area contributed by atoms with Gasteiger partial charge in [0.2, 0.25) is 5.91 Å².